The summed E-state index contributed by atoms with van der Waals surface area (Å²) in [6.45, 7) is 8.76. The highest BCUT2D eigenvalue weighted by Crippen LogP contribution is 2.15. The van der Waals surface area contributed by atoms with Gasteiger partial charge in [-0.25, -0.2) is 0 Å². The number of hydrogen-bond donors (Lipinski definition) is 2. The Labute approximate surface area is 132 Å². The van der Waals surface area contributed by atoms with Crippen molar-refractivity contribution in [2.75, 3.05) is 5.32 Å². The van der Waals surface area contributed by atoms with Crippen LogP contribution in [0.3, 0.4) is 0 Å². The molecule has 2 aromatic rings. The third-order valence-corrected chi connectivity index (χ3v) is 3.22. The molecule has 0 saturated heterocycles. The van der Waals surface area contributed by atoms with Gasteiger partial charge in [-0.15, -0.1) is 0 Å². The van der Waals surface area contributed by atoms with Crippen LogP contribution in [0.25, 0.3) is 0 Å². The summed E-state index contributed by atoms with van der Waals surface area (Å²) in [4.78, 5) is 16.4. The second-order valence-corrected chi connectivity index (χ2v) is 6.45. The fourth-order valence-electron chi connectivity index (χ4n) is 2.15. The van der Waals surface area contributed by atoms with E-state index in [0.717, 1.165) is 11.3 Å². The second kappa shape index (κ2) is 6.60. The molecule has 4 heteroatoms. The summed E-state index contributed by atoms with van der Waals surface area (Å²) in [6.07, 6.45) is 3.31. The topological polar surface area (TPSA) is 54.0 Å². The van der Waals surface area contributed by atoms with Crippen LogP contribution in [0.4, 0.5) is 5.69 Å². The van der Waals surface area contributed by atoms with Crippen molar-refractivity contribution in [1.29, 1.82) is 0 Å². The number of anilines is 1. The highest BCUT2D eigenvalue weighted by atomic mass is 16.1. The Morgan fingerprint density at radius 1 is 1.18 bits per heavy atom. The molecule has 0 atom stereocenters. The third-order valence-electron chi connectivity index (χ3n) is 3.22. The van der Waals surface area contributed by atoms with Gasteiger partial charge in [0.2, 0.25) is 0 Å². The zero-order valence-corrected chi connectivity index (χ0v) is 13.6. The standard InChI is InChI=1S/C18H23N3O/c1-13-7-5-6-8-14(13)11-20-17(22)15-9-16(12-19-10-15)21-18(2,3)4/h5-10,12,21H,11H2,1-4H3,(H,20,22). The highest BCUT2D eigenvalue weighted by Gasteiger charge is 2.12. The van der Waals surface area contributed by atoms with E-state index in [1.54, 1.807) is 12.4 Å². The highest BCUT2D eigenvalue weighted by molar-refractivity contribution is 5.94. The zero-order valence-electron chi connectivity index (χ0n) is 13.6. The summed E-state index contributed by atoms with van der Waals surface area (Å²) >= 11 is 0. The molecule has 0 bridgehead atoms. The SMILES string of the molecule is Cc1ccccc1CNC(=O)c1cncc(NC(C)(C)C)c1. The quantitative estimate of drug-likeness (QED) is 0.907. The number of benzene rings is 1. The number of carbonyl (C=O) groups excluding carboxylic acids is 1. The lowest BCUT2D eigenvalue weighted by Crippen LogP contribution is -2.27. The molecule has 0 fully saturated rings. The molecule has 0 unspecified atom stereocenters. The monoisotopic (exact) mass is 297 g/mol. The number of pyridine rings is 1. The maximum Gasteiger partial charge on any atom is 0.253 e. The first kappa shape index (κ1) is 16.0. The van der Waals surface area contributed by atoms with Gasteiger partial charge in [-0.3, -0.25) is 9.78 Å². The number of rotatable bonds is 4. The molecule has 1 amide bonds. The van der Waals surface area contributed by atoms with Gasteiger partial charge in [0.1, 0.15) is 0 Å². The lowest BCUT2D eigenvalue weighted by Gasteiger charge is -2.22. The van der Waals surface area contributed by atoms with E-state index in [2.05, 4.69) is 36.4 Å². The smallest absolute Gasteiger partial charge is 0.253 e. The average molecular weight is 297 g/mol. The van der Waals surface area contributed by atoms with Gasteiger partial charge in [0.25, 0.3) is 5.91 Å². The molecule has 1 heterocycles. The minimum Gasteiger partial charge on any atom is -0.379 e. The number of amides is 1. The first-order chi connectivity index (χ1) is 10.3. The molecule has 22 heavy (non-hydrogen) atoms. The molecule has 1 aromatic carbocycles. The minimum atomic E-state index is -0.117. The predicted octanol–water partition coefficient (Wildman–Crippen LogP) is 3.53. The Hall–Kier alpha value is -2.36. The van der Waals surface area contributed by atoms with Crippen LogP contribution in [-0.2, 0) is 6.54 Å². The summed E-state index contributed by atoms with van der Waals surface area (Å²) in [5.74, 6) is -0.117. The summed E-state index contributed by atoms with van der Waals surface area (Å²) in [7, 11) is 0. The number of nitrogens with zero attached hydrogens (tertiary/aromatic N) is 1. The first-order valence-corrected chi connectivity index (χ1v) is 7.41. The van der Waals surface area contributed by atoms with Crippen LogP contribution >= 0.6 is 0 Å². The maximum absolute atomic E-state index is 12.3. The van der Waals surface area contributed by atoms with E-state index >= 15 is 0 Å². The van der Waals surface area contributed by atoms with Crippen LogP contribution in [0.15, 0.2) is 42.7 Å². The van der Waals surface area contributed by atoms with E-state index in [-0.39, 0.29) is 11.4 Å². The molecule has 0 aliphatic rings. The van der Waals surface area contributed by atoms with E-state index in [9.17, 15) is 4.79 Å². The molecule has 0 saturated carbocycles. The number of aromatic nitrogens is 1. The van der Waals surface area contributed by atoms with Crippen LogP contribution in [-0.4, -0.2) is 16.4 Å². The molecule has 0 aliphatic carbocycles. The Kier molecular flexibility index (Phi) is 4.81. The van der Waals surface area contributed by atoms with E-state index in [1.165, 1.54) is 5.56 Å². The Balaban J connectivity index is 2.04. The molecule has 4 nitrogen and oxygen atoms in total. The molecular weight excluding hydrogens is 274 g/mol. The van der Waals surface area contributed by atoms with Crippen molar-refractivity contribution in [3.05, 3.63) is 59.4 Å². The summed E-state index contributed by atoms with van der Waals surface area (Å²) in [6, 6.07) is 9.85. The van der Waals surface area contributed by atoms with Crippen LogP contribution in [0, 0.1) is 6.92 Å². The van der Waals surface area contributed by atoms with E-state index < -0.39 is 0 Å². The number of carbonyl (C=O) groups is 1. The lowest BCUT2D eigenvalue weighted by molar-refractivity contribution is 0.0950. The van der Waals surface area contributed by atoms with Crippen LogP contribution in [0.1, 0.15) is 42.3 Å². The van der Waals surface area contributed by atoms with Gasteiger partial charge in [0.05, 0.1) is 11.3 Å². The first-order valence-electron chi connectivity index (χ1n) is 7.41. The van der Waals surface area contributed by atoms with E-state index in [4.69, 9.17) is 0 Å². The van der Waals surface area contributed by atoms with Crippen LogP contribution in [0.5, 0.6) is 0 Å². The maximum atomic E-state index is 12.3. The van der Waals surface area contributed by atoms with Crippen molar-refractivity contribution in [3.8, 4) is 0 Å². The second-order valence-electron chi connectivity index (χ2n) is 6.45. The van der Waals surface area contributed by atoms with Gasteiger partial charge in [-0.2, -0.15) is 0 Å². The molecule has 0 radical (unpaired) electrons. The van der Waals surface area contributed by atoms with Gasteiger partial charge >= 0.3 is 0 Å². The van der Waals surface area contributed by atoms with Crippen molar-refractivity contribution in [2.45, 2.75) is 39.8 Å². The Bertz CT molecular complexity index is 659. The van der Waals surface area contributed by atoms with Gasteiger partial charge in [-0.05, 0) is 44.9 Å². The van der Waals surface area contributed by atoms with Crippen molar-refractivity contribution in [1.82, 2.24) is 10.3 Å². The van der Waals surface area contributed by atoms with Crippen molar-refractivity contribution >= 4 is 11.6 Å². The fraction of sp³-hybridized carbons (Fsp3) is 0.333. The Morgan fingerprint density at radius 2 is 1.91 bits per heavy atom. The van der Waals surface area contributed by atoms with Crippen LogP contribution < -0.4 is 10.6 Å². The van der Waals surface area contributed by atoms with Gasteiger partial charge in [-0.1, -0.05) is 24.3 Å². The fourth-order valence-corrected chi connectivity index (χ4v) is 2.15. The van der Waals surface area contributed by atoms with E-state index in [0.29, 0.717) is 12.1 Å². The third kappa shape index (κ3) is 4.58. The molecule has 2 N–H and O–H groups in total. The van der Waals surface area contributed by atoms with Crippen molar-refractivity contribution < 1.29 is 4.79 Å². The summed E-state index contributed by atoms with van der Waals surface area (Å²) in [5.41, 5.74) is 3.62. The number of aryl methyl sites for hydroxylation is 1. The van der Waals surface area contributed by atoms with Crippen molar-refractivity contribution in [2.24, 2.45) is 0 Å². The predicted molar refractivity (Wildman–Crippen MR) is 90.0 cm³/mol. The lowest BCUT2D eigenvalue weighted by atomic mass is 10.1. The van der Waals surface area contributed by atoms with Gasteiger partial charge in [0, 0.05) is 24.5 Å². The molecule has 0 spiro atoms. The van der Waals surface area contributed by atoms with Crippen LogP contribution in [0.2, 0.25) is 0 Å². The molecule has 0 aliphatic heterocycles. The molecule has 1 aromatic heterocycles. The zero-order chi connectivity index (χ0) is 16.2. The summed E-state index contributed by atoms with van der Waals surface area (Å²) < 4.78 is 0. The Morgan fingerprint density at radius 3 is 2.59 bits per heavy atom. The molecular formula is C18H23N3O. The number of hydrogen-bond acceptors (Lipinski definition) is 3. The molecule has 2 rings (SSSR count). The summed E-state index contributed by atoms with van der Waals surface area (Å²) in [5, 5.41) is 6.26. The number of nitrogens with one attached hydrogen (secondary N) is 2. The van der Waals surface area contributed by atoms with Gasteiger partial charge < -0.3 is 10.6 Å². The largest absolute Gasteiger partial charge is 0.379 e. The average Bonchev–Trinajstić information content (AvgIpc) is 2.44. The molecule has 116 valence electrons. The normalized spacial score (nSPS) is 11.1. The van der Waals surface area contributed by atoms with Crippen molar-refractivity contribution in [3.63, 3.8) is 0 Å². The van der Waals surface area contributed by atoms with Gasteiger partial charge in [0.15, 0.2) is 0 Å². The minimum absolute atomic E-state index is 0.0715. The van der Waals surface area contributed by atoms with E-state index in [1.807, 2.05) is 37.3 Å².